The predicted molar refractivity (Wildman–Crippen MR) is 85.6 cm³/mol. The number of hydrogen-bond acceptors (Lipinski definition) is 5. The highest BCUT2D eigenvalue weighted by Gasteiger charge is 2.35. The second-order valence-corrected chi connectivity index (χ2v) is 5.30. The fraction of sp³-hybridized carbons (Fsp3) is 0.176. The molecule has 0 fully saturated rings. The monoisotopic (exact) mass is 385 g/mol. The second kappa shape index (κ2) is 7.54. The van der Waals surface area contributed by atoms with Crippen molar-refractivity contribution in [2.24, 2.45) is 0 Å². The smallest absolute Gasteiger partial charge is 0.417 e. The van der Waals surface area contributed by atoms with E-state index in [2.05, 4.69) is 4.74 Å². The van der Waals surface area contributed by atoms with Gasteiger partial charge in [0.05, 0.1) is 36.4 Å². The van der Waals surface area contributed by atoms with E-state index >= 15 is 0 Å². The molecule has 0 saturated heterocycles. The maximum atomic E-state index is 13.1. The van der Waals surface area contributed by atoms with Gasteiger partial charge in [-0.05, 0) is 24.3 Å². The van der Waals surface area contributed by atoms with Gasteiger partial charge in [-0.25, -0.2) is 4.79 Å². The summed E-state index contributed by atoms with van der Waals surface area (Å²) in [5.74, 6) is -1.24. The Morgan fingerprint density at radius 2 is 1.81 bits per heavy atom. The van der Waals surface area contributed by atoms with Gasteiger partial charge in [-0.1, -0.05) is 11.6 Å². The Bertz CT molecular complexity index is 891. The average Bonchev–Trinajstić information content (AvgIpc) is 2.61. The summed E-state index contributed by atoms with van der Waals surface area (Å²) >= 11 is 5.64. The van der Waals surface area contributed by atoms with Crippen LogP contribution in [0.15, 0.2) is 30.3 Å². The van der Waals surface area contributed by atoms with Gasteiger partial charge in [-0.3, -0.25) is 0 Å². The Morgan fingerprint density at radius 3 is 2.35 bits per heavy atom. The van der Waals surface area contributed by atoms with Crippen LogP contribution in [0.25, 0.3) is 0 Å². The number of benzene rings is 2. The standard InChI is InChI=1S/C17H11ClF3NO4/c1-24-15-5-9(8-22)3-4-13(15)26-14-7-11(17(19,20)21)12(18)6-10(14)16(23)25-2/h3-7H,1-2H3. The van der Waals surface area contributed by atoms with E-state index in [1.54, 1.807) is 0 Å². The summed E-state index contributed by atoms with van der Waals surface area (Å²) in [6.07, 6.45) is -4.75. The van der Waals surface area contributed by atoms with Gasteiger partial charge in [0.1, 0.15) is 11.3 Å². The number of ether oxygens (including phenoxy) is 3. The van der Waals surface area contributed by atoms with Gasteiger partial charge in [-0.15, -0.1) is 0 Å². The van der Waals surface area contributed by atoms with E-state index in [1.807, 2.05) is 6.07 Å². The lowest BCUT2D eigenvalue weighted by atomic mass is 10.1. The van der Waals surface area contributed by atoms with Crippen LogP contribution in [0.3, 0.4) is 0 Å². The first-order valence-corrected chi connectivity index (χ1v) is 7.34. The first-order valence-electron chi connectivity index (χ1n) is 6.96. The first-order chi connectivity index (χ1) is 12.2. The highest BCUT2D eigenvalue weighted by molar-refractivity contribution is 6.32. The molecule has 0 spiro atoms. The zero-order valence-corrected chi connectivity index (χ0v) is 14.2. The number of nitriles is 1. The van der Waals surface area contributed by atoms with Crippen LogP contribution >= 0.6 is 11.6 Å². The van der Waals surface area contributed by atoms with Crippen molar-refractivity contribution in [1.82, 2.24) is 0 Å². The lowest BCUT2D eigenvalue weighted by molar-refractivity contribution is -0.137. The molecule has 0 unspecified atom stereocenters. The van der Waals surface area contributed by atoms with Crippen molar-refractivity contribution < 1.29 is 32.2 Å². The topological polar surface area (TPSA) is 68.5 Å². The summed E-state index contributed by atoms with van der Waals surface area (Å²) in [5, 5.41) is 8.23. The Kier molecular flexibility index (Phi) is 5.63. The molecular weight excluding hydrogens is 375 g/mol. The number of alkyl halides is 3. The molecule has 0 aromatic heterocycles. The molecular formula is C17H11ClF3NO4. The van der Waals surface area contributed by atoms with Gasteiger partial charge in [0, 0.05) is 6.07 Å². The molecule has 9 heteroatoms. The Morgan fingerprint density at radius 1 is 1.12 bits per heavy atom. The van der Waals surface area contributed by atoms with Crippen LogP contribution in [0.4, 0.5) is 13.2 Å². The third-order valence-corrected chi connectivity index (χ3v) is 3.61. The fourth-order valence-corrected chi connectivity index (χ4v) is 2.34. The van der Waals surface area contributed by atoms with Gasteiger partial charge in [-0.2, -0.15) is 18.4 Å². The summed E-state index contributed by atoms with van der Waals surface area (Å²) < 4.78 is 54.4. The molecule has 2 rings (SSSR count). The number of rotatable bonds is 4. The number of esters is 1. The van der Waals surface area contributed by atoms with E-state index in [-0.39, 0.29) is 22.6 Å². The highest BCUT2D eigenvalue weighted by atomic mass is 35.5. The predicted octanol–water partition coefficient (Wildman–Crippen LogP) is 4.82. The summed E-state index contributed by atoms with van der Waals surface area (Å²) in [7, 11) is 2.37. The van der Waals surface area contributed by atoms with E-state index in [1.165, 1.54) is 25.3 Å². The van der Waals surface area contributed by atoms with Crippen molar-refractivity contribution in [3.63, 3.8) is 0 Å². The second-order valence-electron chi connectivity index (χ2n) is 4.90. The van der Waals surface area contributed by atoms with Gasteiger partial charge >= 0.3 is 12.1 Å². The molecule has 0 aliphatic carbocycles. The molecule has 0 radical (unpaired) electrons. The van der Waals surface area contributed by atoms with Crippen LogP contribution in [0.1, 0.15) is 21.5 Å². The number of hydrogen-bond donors (Lipinski definition) is 0. The quantitative estimate of drug-likeness (QED) is 0.706. The molecule has 0 bridgehead atoms. The minimum Gasteiger partial charge on any atom is -0.493 e. The lowest BCUT2D eigenvalue weighted by Gasteiger charge is -2.16. The maximum Gasteiger partial charge on any atom is 0.417 e. The molecule has 0 aliphatic rings. The minimum absolute atomic E-state index is 0.00657. The molecule has 0 N–H and O–H groups in total. The van der Waals surface area contributed by atoms with Gasteiger partial charge in [0.15, 0.2) is 11.5 Å². The molecule has 0 heterocycles. The first kappa shape index (κ1) is 19.4. The zero-order chi connectivity index (χ0) is 19.5. The fourth-order valence-electron chi connectivity index (χ4n) is 2.06. The van der Waals surface area contributed by atoms with E-state index in [4.69, 9.17) is 26.3 Å². The Labute approximate surface area is 151 Å². The number of carbonyl (C=O) groups is 1. The highest BCUT2D eigenvalue weighted by Crippen LogP contribution is 2.41. The molecule has 0 atom stereocenters. The number of halogens is 4. The summed E-state index contributed by atoms with van der Waals surface area (Å²) in [4.78, 5) is 11.9. The molecule has 136 valence electrons. The third-order valence-electron chi connectivity index (χ3n) is 3.29. The van der Waals surface area contributed by atoms with Crippen molar-refractivity contribution in [2.75, 3.05) is 14.2 Å². The Balaban J connectivity index is 2.60. The molecule has 5 nitrogen and oxygen atoms in total. The van der Waals surface area contributed by atoms with E-state index in [0.29, 0.717) is 6.07 Å². The van der Waals surface area contributed by atoms with Crippen LogP contribution in [0.5, 0.6) is 17.2 Å². The summed E-state index contributed by atoms with van der Waals surface area (Å²) in [6, 6.07) is 7.38. The van der Waals surface area contributed by atoms with Crippen LogP contribution in [0, 0.1) is 11.3 Å². The number of carbonyl (C=O) groups excluding carboxylic acids is 1. The van der Waals surface area contributed by atoms with E-state index in [9.17, 15) is 18.0 Å². The SMILES string of the molecule is COC(=O)c1cc(Cl)c(C(F)(F)F)cc1Oc1ccc(C#N)cc1OC. The summed E-state index contributed by atoms with van der Waals surface area (Å²) in [5.41, 5.74) is -1.21. The average molecular weight is 386 g/mol. The van der Waals surface area contributed by atoms with Gasteiger partial charge in [0.2, 0.25) is 0 Å². The number of nitrogens with zero attached hydrogens (tertiary/aromatic N) is 1. The van der Waals surface area contributed by atoms with E-state index in [0.717, 1.165) is 13.2 Å². The van der Waals surface area contributed by atoms with Gasteiger partial charge in [0.25, 0.3) is 0 Å². The molecule has 2 aromatic rings. The zero-order valence-electron chi connectivity index (χ0n) is 13.5. The van der Waals surface area contributed by atoms with Crippen LogP contribution in [0.2, 0.25) is 5.02 Å². The maximum absolute atomic E-state index is 13.1. The van der Waals surface area contributed by atoms with Crippen LogP contribution in [-0.2, 0) is 10.9 Å². The van der Waals surface area contributed by atoms with Crippen molar-refractivity contribution >= 4 is 17.6 Å². The van der Waals surface area contributed by atoms with Crippen LogP contribution < -0.4 is 9.47 Å². The van der Waals surface area contributed by atoms with Crippen molar-refractivity contribution in [3.05, 3.63) is 52.0 Å². The number of methoxy groups -OCH3 is 2. The molecule has 2 aromatic carbocycles. The molecule has 0 aliphatic heterocycles. The van der Waals surface area contributed by atoms with Crippen molar-refractivity contribution in [1.29, 1.82) is 5.26 Å². The molecule has 26 heavy (non-hydrogen) atoms. The lowest BCUT2D eigenvalue weighted by Crippen LogP contribution is -2.10. The minimum atomic E-state index is -4.75. The van der Waals surface area contributed by atoms with E-state index < -0.39 is 28.5 Å². The third kappa shape index (κ3) is 4.00. The van der Waals surface area contributed by atoms with Crippen LogP contribution in [-0.4, -0.2) is 20.2 Å². The van der Waals surface area contributed by atoms with Gasteiger partial charge < -0.3 is 14.2 Å². The largest absolute Gasteiger partial charge is 0.493 e. The normalized spacial score (nSPS) is 10.8. The van der Waals surface area contributed by atoms with Crippen molar-refractivity contribution in [2.45, 2.75) is 6.18 Å². The summed E-state index contributed by atoms with van der Waals surface area (Å²) in [6.45, 7) is 0. The Hall–Kier alpha value is -2.92. The van der Waals surface area contributed by atoms with Crippen molar-refractivity contribution in [3.8, 4) is 23.3 Å². The molecule has 0 amide bonds. The molecule has 0 saturated carbocycles.